The molecule has 100 valence electrons. The molecule has 0 aliphatic carbocycles. The number of aryl methyl sites for hydroxylation is 1. The Bertz CT molecular complexity index is 399. The number of hydrogen-bond donors (Lipinski definition) is 1. The van der Waals surface area contributed by atoms with Crippen molar-refractivity contribution >= 4 is 22.0 Å². The Morgan fingerprint density at radius 1 is 1.33 bits per heavy atom. The lowest BCUT2D eigenvalue weighted by Gasteiger charge is -2.20. The number of amides is 1. The summed E-state index contributed by atoms with van der Waals surface area (Å²) in [6.07, 6.45) is 1.50. The minimum Gasteiger partial charge on any atom is -0.410 e. The van der Waals surface area contributed by atoms with Gasteiger partial charge in [-0.2, -0.15) is 0 Å². The SMILES string of the molecule is CC(C)(C)NC(=O)Oc1ccccc1CCCBr. The lowest BCUT2D eigenvalue weighted by molar-refractivity contribution is 0.190. The first-order chi connectivity index (χ1) is 8.42. The van der Waals surface area contributed by atoms with Gasteiger partial charge >= 0.3 is 6.09 Å². The van der Waals surface area contributed by atoms with Gasteiger partial charge in [-0.25, -0.2) is 4.79 Å². The molecule has 1 amide bonds. The molecule has 1 aromatic carbocycles. The molecule has 1 aromatic rings. The molecule has 0 atom stereocenters. The summed E-state index contributed by atoms with van der Waals surface area (Å²) in [7, 11) is 0. The fourth-order valence-electron chi connectivity index (χ4n) is 1.50. The van der Waals surface area contributed by atoms with Crippen LogP contribution in [0.1, 0.15) is 32.8 Å². The zero-order valence-electron chi connectivity index (χ0n) is 11.1. The third-order valence-corrected chi connectivity index (χ3v) is 2.79. The van der Waals surface area contributed by atoms with Crippen LogP contribution in [0.25, 0.3) is 0 Å². The molecule has 1 N–H and O–H groups in total. The van der Waals surface area contributed by atoms with Gasteiger partial charge in [0.05, 0.1) is 0 Å². The number of benzene rings is 1. The van der Waals surface area contributed by atoms with Crippen molar-refractivity contribution in [3.63, 3.8) is 0 Å². The Kier molecular flexibility index (Phi) is 5.66. The van der Waals surface area contributed by atoms with Gasteiger partial charge in [0.15, 0.2) is 0 Å². The first-order valence-corrected chi connectivity index (χ1v) is 7.18. The van der Waals surface area contributed by atoms with Crippen molar-refractivity contribution in [3.05, 3.63) is 29.8 Å². The Balaban J connectivity index is 2.68. The van der Waals surface area contributed by atoms with Crippen LogP contribution in [-0.4, -0.2) is 17.0 Å². The molecule has 0 saturated heterocycles. The molecule has 3 nitrogen and oxygen atoms in total. The summed E-state index contributed by atoms with van der Waals surface area (Å²) in [5.41, 5.74) is 0.767. The Morgan fingerprint density at radius 2 is 2.00 bits per heavy atom. The van der Waals surface area contributed by atoms with Crippen molar-refractivity contribution in [2.24, 2.45) is 0 Å². The standard InChI is InChI=1S/C14H20BrNO2/c1-14(2,3)16-13(17)18-12-9-5-4-7-11(12)8-6-10-15/h4-5,7,9H,6,8,10H2,1-3H3,(H,16,17). The van der Waals surface area contributed by atoms with Gasteiger partial charge in [-0.1, -0.05) is 34.1 Å². The van der Waals surface area contributed by atoms with E-state index in [1.54, 1.807) is 0 Å². The quantitative estimate of drug-likeness (QED) is 0.856. The fraction of sp³-hybridized carbons (Fsp3) is 0.500. The highest BCUT2D eigenvalue weighted by Crippen LogP contribution is 2.20. The number of ether oxygens (including phenoxy) is 1. The van der Waals surface area contributed by atoms with E-state index < -0.39 is 6.09 Å². The lowest BCUT2D eigenvalue weighted by Crippen LogP contribution is -2.42. The van der Waals surface area contributed by atoms with Gasteiger partial charge < -0.3 is 10.1 Å². The summed E-state index contributed by atoms with van der Waals surface area (Å²) in [5.74, 6) is 0.639. The Morgan fingerprint density at radius 3 is 2.61 bits per heavy atom. The first-order valence-electron chi connectivity index (χ1n) is 6.06. The molecule has 18 heavy (non-hydrogen) atoms. The van der Waals surface area contributed by atoms with E-state index in [9.17, 15) is 4.79 Å². The summed E-state index contributed by atoms with van der Waals surface area (Å²) in [6.45, 7) is 5.76. The molecule has 0 fully saturated rings. The molecule has 0 spiro atoms. The van der Waals surface area contributed by atoms with Crippen molar-refractivity contribution in [2.45, 2.75) is 39.2 Å². The summed E-state index contributed by atoms with van der Waals surface area (Å²) in [5, 5.41) is 3.72. The van der Waals surface area contributed by atoms with Gasteiger partial charge in [0, 0.05) is 10.9 Å². The van der Waals surface area contributed by atoms with Crippen LogP contribution in [0.15, 0.2) is 24.3 Å². The number of halogens is 1. The molecule has 4 heteroatoms. The number of carbonyl (C=O) groups is 1. The van der Waals surface area contributed by atoms with E-state index in [2.05, 4.69) is 21.2 Å². The minimum atomic E-state index is -0.409. The summed E-state index contributed by atoms with van der Waals surface area (Å²) >= 11 is 3.40. The number of nitrogens with one attached hydrogen (secondary N) is 1. The number of hydrogen-bond acceptors (Lipinski definition) is 2. The van der Waals surface area contributed by atoms with Crippen molar-refractivity contribution in [2.75, 3.05) is 5.33 Å². The van der Waals surface area contributed by atoms with Crippen LogP contribution in [0.2, 0.25) is 0 Å². The zero-order valence-corrected chi connectivity index (χ0v) is 12.7. The second-order valence-corrected chi connectivity index (χ2v) is 5.96. The van der Waals surface area contributed by atoms with Crippen molar-refractivity contribution in [3.8, 4) is 5.75 Å². The maximum absolute atomic E-state index is 11.7. The molecule has 0 unspecified atom stereocenters. The molecule has 0 aromatic heterocycles. The van der Waals surface area contributed by atoms with E-state index >= 15 is 0 Å². The number of rotatable bonds is 4. The Hall–Kier alpha value is -1.03. The maximum Gasteiger partial charge on any atom is 0.413 e. The van der Waals surface area contributed by atoms with E-state index in [-0.39, 0.29) is 5.54 Å². The number of carbonyl (C=O) groups excluding carboxylic acids is 1. The monoisotopic (exact) mass is 313 g/mol. The molecule has 1 rings (SSSR count). The molecule has 0 radical (unpaired) electrons. The van der Waals surface area contributed by atoms with Crippen molar-refractivity contribution in [1.82, 2.24) is 5.32 Å². The molecule has 0 aliphatic rings. The second kappa shape index (κ2) is 6.78. The summed E-state index contributed by atoms with van der Waals surface area (Å²) < 4.78 is 5.35. The first kappa shape index (κ1) is 15.0. The van der Waals surface area contributed by atoms with Crippen molar-refractivity contribution in [1.29, 1.82) is 0 Å². The van der Waals surface area contributed by atoms with Crippen LogP contribution in [0.4, 0.5) is 4.79 Å². The normalized spacial score (nSPS) is 11.1. The lowest BCUT2D eigenvalue weighted by atomic mass is 10.1. The van der Waals surface area contributed by atoms with E-state index in [0.717, 1.165) is 23.7 Å². The van der Waals surface area contributed by atoms with E-state index in [4.69, 9.17) is 4.74 Å². The largest absolute Gasteiger partial charge is 0.413 e. The zero-order chi connectivity index (χ0) is 13.6. The highest BCUT2D eigenvalue weighted by Gasteiger charge is 2.16. The van der Waals surface area contributed by atoms with Gasteiger partial charge in [-0.3, -0.25) is 0 Å². The van der Waals surface area contributed by atoms with Crippen LogP contribution in [-0.2, 0) is 6.42 Å². The van der Waals surface area contributed by atoms with Crippen molar-refractivity contribution < 1.29 is 9.53 Å². The predicted molar refractivity (Wildman–Crippen MR) is 77.5 cm³/mol. The molecule has 0 bridgehead atoms. The number of alkyl halides is 1. The third kappa shape index (κ3) is 5.54. The maximum atomic E-state index is 11.7. The van der Waals surface area contributed by atoms with Crippen LogP contribution < -0.4 is 10.1 Å². The number of para-hydroxylation sites is 1. The van der Waals surface area contributed by atoms with Crippen LogP contribution in [0.5, 0.6) is 5.75 Å². The summed E-state index contributed by atoms with van der Waals surface area (Å²) in [6, 6.07) is 7.64. The average Bonchev–Trinajstić information content (AvgIpc) is 2.25. The van der Waals surface area contributed by atoms with Gasteiger partial charge in [-0.05, 0) is 45.2 Å². The molecule has 0 heterocycles. The molecular formula is C14H20BrNO2. The third-order valence-electron chi connectivity index (χ3n) is 2.23. The average molecular weight is 314 g/mol. The predicted octanol–water partition coefficient (Wildman–Crippen LogP) is 3.90. The van der Waals surface area contributed by atoms with Crippen LogP contribution in [0.3, 0.4) is 0 Å². The highest BCUT2D eigenvalue weighted by atomic mass is 79.9. The smallest absolute Gasteiger partial charge is 0.410 e. The molecule has 0 saturated carbocycles. The van der Waals surface area contributed by atoms with Gasteiger partial charge in [0.25, 0.3) is 0 Å². The van der Waals surface area contributed by atoms with Gasteiger partial charge in [0.1, 0.15) is 5.75 Å². The van der Waals surface area contributed by atoms with Crippen LogP contribution >= 0.6 is 15.9 Å². The van der Waals surface area contributed by atoms with Gasteiger partial charge in [0.2, 0.25) is 0 Å². The second-order valence-electron chi connectivity index (χ2n) is 5.16. The topological polar surface area (TPSA) is 38.3 Å². The molecular weight excluding hydrogens is 294 g/mol. The fourth-order valence-corrected chi connectivity index (χ4v) is 1.78. The Labute approximate surface area is 117 Å². The van der Waals surface area contributed by atoms with Crippen LogP contribution in [0, 0.1) is 0 Å². The molecule has 0 aliphatic heterocycles. The van der Waals surface area contributed by atoms with E-state index in [1.165, 1.54) is 0 Å². The van der Waals surface area contributed by atoms with E-state index in [0.29, 0.717) is 5.75 Å². The minimum absolute atomic E-state index is 0.290. The van der Waals surface area contributed by atoms with Gasteiger partial charge in [-0.15, -0.1) is 0 Å². The highest BCUT2D eigenvalue weighted by molar-refractivity contribution is 9.09. The summed E-state index contributed by atoms with van der Waals surface area (Å²) in [4.78, 5) is 11.7. The van der Waals surface area contributed by atoms with E-state index in [1.807, 2.05) is 45.0 Å².